The summed E-state index contributed by atoms with van der Waals surface area (Å²) in [4.78, 5) is 7.90. The molecular weight excluding hydrogens is 253 g/mol. The smallest absolute Gasteiger partial charge is 0.125 e. The highest BCUT2D eigenvalue weighted by Gasteiger charge is 2.48. The Morgan fingerprint density at radius 1 is 1.10 bits per heavy atom. The fourth-order valence-electron chi connectivity index (χ4n) is 2.80. The second-order valence-corrected chi connectivity index (χ2v) is 5.45. The third kappa shape index (κ3) is 1.61. The molecule has 100 valence electrons. The van der Waals surface area contributed by atoms with Crippen molar-refractivity contribution in [2.45, 2.75) is 18.3 Å². The van der Waals surface area contributed by atoms with Gasteiger partial charge in [0.2, 0.25) is 0 Å². The molecule has 4 rings (SSSR count). The maximum atomic E-state index is 13.3. The van der Waals surface area contributed by atoms with Crippen LogP contribution in [0.3, 0.4) is 0 Å². The highest BCUT2D eigenvalue weighted by Crippen LogP contribution is 2.52. The molecule has 20 heavy (non-hydrogen) atoms. The molecule has 1 fully saturated rings. The van der Waals surface area contributed by atoms with Gasteiger partial charge < -0.3 is 10.7 Å². The van der Waals surface area contributed by atoms with Crippen molar-refractivity contribution >= 4 is 16.7 Å². The van der Waals surface area contributed by atoms with Crippen LogP contribution in [0.2, 0.25) is 0 Å². The first-order chi connectivity index (χ1) is 9.67. The average molecular weight is 267 g/mol. The first-order valence-electron chi connectivity index (χ1n) is 6.69. The van der Waals surface area contributed by atoms with Gasteiger partial charge in [-0.2, -0.15) is 0 Å². The van der Waals surface area contributed by atoms with Crippen molar-refractivity contribution in [2.75, 3.05) is 5.73 Å². The van der Waals surface area contributed by atoms with Crippen molar-refractivity contribution in [3.8, 4) is 0 Å². The lowest BCUT2D eigenvalue weighted by atomic mass is 9.95. The fourth-order valence-corrected chi connectivity index (χ4v) is 2.80. The number of nitrogen functional groups attached to an aromatic ring is 1. The normalized spacial score (nSPS) is 16.4. The lowest BCUT2D eigenvalue weighted by Gasteiger charge is -2.12. The van der Waals surface area contributed by atoms with E-state index in [9.17, 15) is 4.39 Å². The first-order valence-corrected chi connectivity index (χ1v) is 6.69. The predicted octanol–water partition coefficient (Wildman–Crippen LogP) is 3.36. The van der Waals surface area contributed by atoms with Crippen LogP contribution in [0.4, 0.5) is 10.1 Å². The summed E-state index contributed by atoms with van der Waals surface area (Å²) in [7, 11) is 0. The molecule has 1 heterocycles. The number of nitrogens with one attached hydrogen (secondary N) is 1. The summed E-state index contributed by atoms with van der Waals surface area (Å²) in [6.07, 6.45) is 2.11. The summed E-state index contributed by atoms with van der Waals surface area (Å²) >= 11 is 0. The number of aromatic nitrogens is 2. The molecule has 0 spiro atoms. The molecular formula is C16H14FN3. The van der Waals surface area contributed by atoms with Crippen LogP contribution in [0.5, 0.6) is 0 Å². The molecule has 4 heteroatoms. The Labute approximate surface area is 115 Å². The minimum absolute atomic E-state index is 0.0524. The van der Waals surface area contributed by atoms with Crippen LogP contribution in [-0.4, -0.2) is 9.97 Å². The van der Waals surface area contributed by atoms with Crippen LogP contribution in [0.25, 0.3) is 11.0 Å². The number of imidazole rings is 1. The predicted molar refractivity (Wildman–Crippen MR) is 76.9 cm³/mol. The molecule has 1 aromatic heterocycles. The van der Waals surface area contributed by atoms with E-state index in [2.05, 4.69) is 22.1 Å². The fraction of sp³-hybridized carbons (Fsp3) is 0.188. The summed E-state index contributed by atoms with van der Waals surface area (Å²) in [6.45, 7) is 0. The second kappa shape index (κ2) is 3.82. The molecule has 0 amide bonds. The van der Waals surface area contributed by atoms with Gasteiger partial charge in [-0.1, -0.05) is 12.1 Å². The molecule has 2 aromatic carbocycles. The van der Waals surface area contributed by atoms with E-state index in [0.717, 1.165) is 35.4 Å². The lowest BCUT2D eigenvalue weighted by molar-refractivity contribution is 0.629. The number of H-pyrrole nitrogens is 1. The maximum Gasteiger partial charge on any atom is 0.125 e. The van der Waals surface area contributed by atoms with Crippen molar-refractivity contribution in [3.63, 3.8) is 0 Å². The highest BCUT2D eigenvalue weighted by atomic mass is 19.1. The Morgan fingerprint density at radius 2 is 1.85 bits per heavy atom. The summed E-state index contributed by atoms with van der Waals surface area (Å²) in [6, 6.07) is 12.6. The van der Waals surface area contributed by atoms with Crippen molar-refractivity contribution < 1.29 is 4.39 Å². The number of benzene rings is 2. The number of rotatable bonds is 2. The van der Waals surface area contributed by atoms with E-state index >= 15 is 0 Å². The molecule has 0 bridgehead atoms. The van der Waals surface area contributed by atoms with Crippen LogP contribution in [-0.2, 0) is 5.41 Å². The molecule has 0 unspecified atom stereocenters. The van der Waals surface area contributed by atoms with Crippen LogP contribution < -0.4 is 5.73 Å². The van der Waals surface area contributed by atoms with Gasteiger partial charge in [0.15, 0.2) is 0 Å². The Hall–Kier alpha value is -2.36. The quantitative estimate of drug-likeness (QED) is 0.699. The Kier molecular flexibility index (Phi) is 2.19. The summed E-state index contributed by atoms with van der Waals surface area (Å²) in [5.41, 5.74) is 9.22. The van der Waals surface area contributed by atoms with E-state index in [1.165, 1.54) is 17.7 Å². The van der Waals surface area contributed by atoms with Crippen LogP contribution in [0.15, 0.2) is 42.5 Å². The molecule has 1 aliphatic carbocycles. The van der Waals surface area contributed by atoms with E-state index < -0.39 is 0 Å². The lowest BCUT2D eigenvalue weighted by Crippen LogP contribution is -2.10. The van der Waals surface area contributed by atoms with Gasteiger partial charge in [-0.25, -0.2) is 9.37 Å². The molecule has 3 aromatic rings. The van der Waals surface area contributed by atoms with E-state index in [4.69, 9.17) is 5.73 Å². The van der Waals surface area contributed by atoms with Gasteiger partial charge in [0.25, 0.3) is 0 Å². The number of hydrogen-bond acceptors (Lipinski definition) is 2. The third-order valence-electron chi connectivity index (χ3n) is 4.11. The van der Waals surface area contributed by atoms with E-state index in [0.29, 0.717) is 0 Å². The van der Waals surface area contributed by atoms with Crippen molar-refractivity contribution in [3.05, 3.63) is 59.7 Å². The van der Waals surface area contributed by atoms with Crippen LogP contribution >= 0.6 is 0 Å². The van der Waals surface area contributed by atoms with Gasteiger partial charge in [0.1, 0.15) is 11.6 Å². The summed E-state index contributed by atoms with van der Waals surface area (Å²) in [5.74, 6) is 0.674. The van der Waals surface area contributed by atoms with Gasteiger partial charge in [-0.3, -0.25) is 0 Å². The SMILES string of the molecule is Nc1ccc(C2(c3nc4ccc(F)cc4[nH]3)CC2)cc1. The van der Waals surface area contributed by atoms with E-state index in [1.54, 1.807) is 6.07 Å². The van der Waals surface area contributed by atoms with Gasteiger partial charge >= 0.3 is 0 Å². The molecule has 3 nitrogen and oxygen atoms in total. The van der Waals surface area contributed by atoms with Crippen LogP contribution in [0.1, 0.15) is 24.2 Å². The second-order valence-electron chi connectivity index (χ2n) is 5.45. The molecule has 3 N–H and O–H groups in total. The average Bonchev–Trinajstić information content (AvgIpc) is 3.14. The molecule has 0 radical (unpaired) electrons. The number of hydrogen-bond donors (Lipinski definition) is 2. The molecule has 1 aliphatic rings. The number of nitrogens with two attached hydrogens (primary N) is 1. The Morgan fingerprint density at radius 3 is 2.55 bits per heavy atom. The van der Waals surface area contributed by atoms with E-state index in [1.807, 2.05) is 12.1 Å². The standard InChI is InChI=1S/C16H14FN3/c17-11-3-6-13-14(9-11)20-15(19-13)16(7-8-16)10-1-4-12(18)5-2-10/h1-6,9H,7-8,18H2,(H,19,20). The number of nitrogens with zero attached hydrogens (tertiary/aromatic N) is 1. The van der Waals surface area contributed by atoms with Gasteiger partial charge in [0.05, 0.1) is 16.4 Å². The number of fused-ring (bicyclic) bond motifs is 1. The zero-order chi connectivity index (χ0) is 13.7. The maximum absolute atomic E-state index is 13.3. The zero-order valence-electron chi connectivity index (χ0n) is 10.9. The number of anilines is 1. The number of aromatic amines is 1. The van der Waals surface area contributed by atoms with Crippen molar-refractivity contribution in [1.29, 1.82) is 0 Å². The number of halogens is 1. The van der Waals surface area contributed by atoms with Crippen molar-refractivity contribution in [1.82, 2.24) is 9.97 Å². The summed E-state index contributed by atoms with van der Waals surface area (Å²) < 4.78 is 13.3. The zero-order valence-corrected chi connectivity index (χ0v) is 10.9. The molecule has 0 saturated heterocycles. The Bertz CT molecular complexity index is 785. The third-order valence-corrected chi connectivity index (χ3v) is 4.11. The van der Waals surface area contributed by atoms with Gasteiger partial charge in [0, 0.05) is 5.69 Å². The molecule has 0 aliphatic heterocycles. The minimum Gasteiger partial charge on any atom is -0.399 e. The summed E-state index contributed by atoms with van der Waals surface area (Å²) in [5, 5.41) is 0. The largest absolute Gasteiger partial charge is 0.399 e. The monoisotopic (exact) mass is 267 g/mol. The van der Waals surface area contributed by atoms with Gasteiger partial charge in [-0.15, -0.1) is 0 Å². The van der Waals surface area contributed by atoms with Crippen LogP contribution in [0, 0.1) is 5.82 Å². The van der Waals surface area contributed by atoms with E-state index in [-0.39, 0.29) is 11.2 Å². The highest BCUT2D eigenvalue weighted by molar-refractivity contribution is 5.75. The minimum atomic E-state index is -0.245. The van der Waals surface area contributed by atoms with Crippen molar-refractivity contribution in [2.24, 2.45) is 0 Å². The topological polar surface area (TPSA) is 54.7 Å². The molecule has 0 atom stereocenters. The Balaban J connectivity index is 1.83. The van der Waals surface area contributed by atoms with Gasteiger partial charge in [-0.05, 0) is 48.7 Å². The first kappa shape index (κ1) is 11.5. The molecule has 1 saturated carbocycles.